The van der Waals surface area contributed by atoms with E-state index in [4.69, 9.17) is 10.4 Å². The van der Waals surface area contributed by atoms with Crippen LogP contribution in [0.4, 0.5) is 5.69 Å². The molecule has 0 saturated carbocycles. The molecule has 0 radical (unpaired) electrons. The Balaban J connectivity index is 1.93. The van der Waals surface area contributed by atoms with Gasteiger partial charge in [0.25, 0.3) is 0 Å². The molecule has 2 rings (SSSR count). The Morgan fingerprint density at radius 2 is 2.42 bits per heavy atom. The predicted octanol–water partition coefficient (Wildman–Crippen LogP) is 1.76. The number of aromatic nitrogens is 2. The zero-order valence-corrected chi connectivity index (χ0v) is 10.6. The summed E-state index contributed by atoms with van der Waals surface area (Å²) in [7, 11) is 0. The summed E-state index contributed by atoms with van der Waals surface area (Å²) in [4.78, 5) is 18.6. The lowest BCUT2D eigenvalue weighted by molar-refractivity contribution is 0.0691. The lowest BCUT2D eigenvalue weighted by Gasteiger charge is -2.05. The van der Waals surface area contributed by atoms with Crippen LogP contribution in [0.15, 0.2) is 23.7 Å². The summed E-state index contributed by atoms with van der Waals surface area (Å²) in [5.41, 5.74) is 1.08. The van der Waals surface area contributed by atoms with Gasteiger partial charge in [0, 0.05) is 24.5 Å². The number of carbonyl (C=O) groups is 1. The van der Waals surface area contributed by atoms with E-state index >= 15 is 0 Å². The van der Waals surface area contributed by atoms with Crippen molar-refractivity contribution in [1.82, 2.24) is 9.97 Å². The first-order valence-electron chi connectivity index (χ1n) is 5.47. The topological polar surface area (TPSA) is 98.9 Å². The Morgan fingerprint density at radius 1 is 1.58 bits per heavy atom. The molecular weight excluding hydrogens is 264 g/mol. The molecule has 0 aliphatic carbocycles. The van der Waals surface area contributed by atoms with Crippen molar-refractivity contribution in [3.8, 4) is 6.07 Å². The maximum absolute atomic E-state index is 10.7. The normalized spacial score (nSPS) is 9.84. The number of nitrogens with one attached hydrogen (secondary N) is 1. The average Bonchev–Trinajstić information content (AvgIpc) is 2.88. The van der Waals surface area contributed by atoms with E-state index in [0.717, 1.165) is 5.01 Å². The summed E-state index contributed by atoms with van der Waals surface area (Å²) < 4.78 is 0. The number of carboxylic acids is 1. The van der Waals surface area contributed by atoms with Crippen molar-refractivity contribution >= 4 is 23.0 Å². The molecule has 0 unspecified atom stereocenters. The Hall–Kier alpha value is -2.46. The van der Waals surface area contributed by atoms with Gasteiger partial charge in [-0.3, -0.25) is 0 Å². The van der Waals surface area contributed by atoms with Crippen molar-refractivity contribution in [2.75, 3.05) is 11.9 Å². The fraction of sp³-hybridized carbons (Fsp3) is 0.167. The zero-order valence-electron chi connectivity index (χ0n) is 9.83. The van der Waals surface area contributed by atoms with Gasteiger partial charge in [-0.2, -0.15) is 5.26 Å². The second-order valence-corrected chi connectivity index (χ2v) is 4.56. The largest absolute Gasteiger partial charge is 0.476 e. The molecule has 0 bridgehead atoms. The van der Waals surface area contributed by atoms with Crippen LogP contribution >= 0.6 is 11.3 Å². The van der Waals surface area contributed by atoms with Crippen LogP contribution < -0.4 is 5.32 Å². The molecule has 2 heterocycles. The fourth-order valence-corrected chi connectivity index (χ4v) is 2.24. The molecule has 0 aliphatic heterocycles. The van der Waals surface area contributed by atoms with E-state index in [0.29, 0.717) is 24.3 Å². The number of pyridine rings is 1. The van der Waals surface area contributed by atoms with E-state index in [1.54, 1.807) is 18.3 Å². The standard InChI is InChI=1S/C12H10N4O2S/c13-6-9-8(2-1-4-14-9)15-5-3-11-16-10(7-19-11)12(17)18/h1-2,4,7,15H,3,5H2,(H,17,18). The quantitative estimate of drug-likeness (QED) is 0.862. The molecule has 0 aliphatic rings. The molecule has 19 heavy (non-hydrogen) atoms. The van der Waals surface area contributed by atoms with Crippen molar-refractivity contribution in [2.24, 2.45) is 0 Å². The van der Waals surface area contributed by atoms with Crippen LogP contribution in [0.5, 0.6) is 0 Å². The summed E-state index contributed by atoms with van der Waals surface area (Å²) in [5, 5.41) is 23.0. The molecule has 7 heteroatoms. The lowest BCUT2D eigenvalue weighted by Crippen LogP contribution is -2.07. The molecule has 0 saturated heterocycles. The number of carboxylic acid groups (broad SMARTS) is 1. The molecule has 96 valence electrons. The van der Waals surface area contributed by atoms with Crippen LogP contribution in [0, 0.1) is 11.3 Å². The summed E-state index contributed by atoms with van der Waals surface area (Å²) >= 11 is 1.31. The molecule has 0 amide bonds. The molecular formula is C12H10N4O2S. The Labute approximate surface area is 113 Å². The summed E-state index contributed by atoms with van der Waals surface area (Å²) in [6.07, 6.45) is 2.15. The first-order chi connectivity index (χ1) is 9.20. The monoisotopic (exact) mass is 274 g/mol. The van der Waals surface area contributed by atoms with Gasteiger partial charge in [0.05, 0.1) is 10.7 Å². The maximum Gasteiger partial charge on any atom is 0.355 e. The van der Waals surface area contributed by atoms with E-state index in [9.17, 15) is 4.79 Å². The summed E-state index contributed by atoms with van der Waals surface area (Å²) in [6.45, 7) is 0.562. The highest BCUT2D eigenvalue weighted by Gasteiger charge is 2.08. The smallest absolute Gasteiger partial charge is 0.355 e. The second-order valence-electron chi connectivity index (χ2n) is 3.62. The highest BCUT2D eigenvalue weighted by molar-refractivity contribution is 7.09. The van der Waals surface area contributed by atoms with Gasteiger partial charge in [0.15, 0.2) is 11.4 Å². The van der Waals surface area contributed by atoms with Gasteiger partial charge in [-0.25, -0.2) is 14.8 Å². The van der Waals surface area contributed by atoms with Crippen LogP contribution in [-0.2, 0) is 6.42 Å². The van der Waals surface area contributed by atoms with Crippen LogP contribution in [-0.4, -0.2) is 27.6 Å². The lowest BCUT2D eigenvalue weighted by atomic mass is 10.3. The van der Waals surface area contributed by atoms with Crippen molar-refractivity contribution in [2.45, 2.75) is 6.42 Å². The van der Waals surface area contributed by atoms with Gasteiger partial charge in [-0.1, -0.05) is 0 Å². The molecule has 2 aromatic heterocycles. The number of anilines is 1. The SMILES string of the molecule is N#Cc1ncccc1NCCc1nc(C(=O)O)cs1. The van der Waals surface area contributed by atoms with E-state index in [-0.39, 0.29) is 5.69 Å². The Morgan fingerprint density at radius 3 is 3.11 bits per heavy atom. The third-order valence-corrected chi connectivity index (χ3v) is 3.25. The number of aromatic carboxylic acids is 1. The predicted molar refractivity (Wildman–Crippen MR) is 70.2 cm³/mol. The van der Waals surface area contributed by atoms with E-state index < -0.39 is 5.97 Å². The highest BCUT2D eigenvalue weighted by atomic mass is 32.1. The third-order valence-electron chi connectivity index (χ3n) is 2.34. The van der Waals surface area contributed by atoms with E-state index in [2.05, 4.69) is 15.3 Å². The number of nitrogens with zero attached hydrogens (tertiary/aromatic N) is 3. The number of hydrogen-bond donors (Lipinski definition) is 2. The minimum atomic E-state index is -1.02. The van der Waals surface area contributed by atoms with Crippen molar-refractivity contribution in [1.29, 1.82) is 5.26 Å². The highest BCUT2D eigenvalue weighted by Crippen LogP contribution is 2.13. The fourth-order valence-electron chi connectivity index (χ4n) is 1.47. The first kappa shape index (κ1) is 13.0. The van der Waals surface area contributed by atoms with Gasteiger partial charge >= 0.3 is 5.97 Å². The first-order valence-corrected chi connectivity index (χ1v) is 6.35. The van der Waals surface area contributed by atoms with Crippen molar-refractivity contribution in [3.63, 3.8) is 0 Å². The molecule has 0 fully saturated rings. The molecule has 0 atom stereocenters. The third kappa shape index (κ3) is 3.26. The van der Waals surface area contributed by atoms with Crippen LogP contribution in [0.1, 0.15) is 21.2 Å². The van der Waals surface area contributed by atoms with Crippen LogP contribution in [0.25, 0.3) is 0 Å². The minimum Gasteiger partial charge on any atom is -0.476 e. The Bertz CT molecular complexity index is 633. The van der Waals surface area contributed by atoms with E-state index in [1.165, 1.54) is 16.7 Å². The van der Waals surface area contributed by atoms with Crippen LogP contribution in [0.3, 0.4) is 0 Å². The van der Waals surface area contributed by atoms with Crippen molar-refractivity contribution in [3.05, 3.63) is 40.1 Å². The van der Waals surface area contributed by atoms with Gasteiger partial charge in [0.1, 0.15) is 6.07 Å². The van der Waals surface area contributed by atoms with Gasteiger partial charge < -0.3 is 10.4 Å². The average molecular weight is 274 g/mol. The van der Waals surface area contributed by atoms with Crippen LogP contribution in [0.2, 0.25) is 0 Å². The van der Waals surface area contributed by atoms with Gasteiger partial charge in [0.2, 0.25) is 0 Å². The molecule has 2 aromatic rings. The maximum atomic E-state index is 10.7. The molecule has 2 N–H and O–H groups in total. The molecule has 0 aromatic carbocycles. The molecule has 6 nitrogen and oxygen atoms in total. The van der Waals surface area contributed by atoms with Crippen molar-refractivity contribution < 1.29 is 9.90 Å². The second kappa shape index (κ2) is 5.93. The van der Waals surface area contributed by atoms with Gasteiger partial charge in [-0.15, -0.1) is 11.3 Å². The zero-order chi connectivity index (χ0) is 13.7. The molecule has 0 spiro atoms. The van der Waals surface area contributed by atoms with Gasteiger partial charge in [-0.05, 0) is 12.1 Å². The minimum absolute atomic E-state index is 0.0686. The number of thiazole rings is 1. The van der Waals surface area contributed by atoms with E-state index in [1.807, 2.05) is 6.07 Å². The number of nitriles is 1. The number of hydrogen-bond acceptors (Lipinski definition) is 6. The number of rotatable bonds is 5. The summed E-state index contributed by atoms with van der Waals surface area (Å²) in [5.74, 6) is -1.02. The Kier molecular flexibility index (Phi) is 4.05. The summed E-state index contributed by atoms with van der Waals surface area (Å²) in [6, 6.07) is 5.52.